The van der Waals surface area contributed by atoms with Crippen molar-refractivity contribution in [2.75, 3.05) is 19.8 Å². The molecule has 0 aromatic carbocycles. The molecule has 0 aliphatic carbocycles. The molecule has 8 nitrogen and oxygen atoms in total. The highest BCUT2D eigenvalue weighted by Gasteiger charge is 2.28. The van der Waals surface area contributed by atoms with Gasteiger partial charge in [-0.05, 0) is 38.5 Å². The number of carbonyl (C=O) groups excluding carboxylic acids is 1. The molecule has 0 aromatic heterocycles. The predicted molar refractivity (Wildman–Crippen MR) is 134 cm³/mol. The molecule has 2 atom stereocenters. The van der Waals surface area contributed by atoms with E-state index in [0.29, 0.717) is 12.8 Å². The van der Waals surface area contributed by atoms with E-state index in [9.17, 15) is 19.2 Å². The highest BCUT2D eigenvalue weighted by Crippen LogP contribution is 2.45. The van der Waals surface area contributed by atoms with Crippen LogP contribution in [0.3, 0.4) is 0 Å². The van der Waals surface area contributed by atoms with E-state index in [1.54, 1.807) is 0 Å². The molecule has 196 valence electrons. The van der Waals surface area contributed by atoms with E-state index in [2.05, 4.69) is 23.4 Å². The lowest BCUT2D eigenvalue weighted by molar-refractivity contribution is -0.145. The molecule has 0 bridgehead atoms. The minimum absolute atomic E-state index is 0.117. The Labute approximate surface area is 205 Å². The largest absolute Gasteiger partial charge is 0.472 e. The van der Waals surface area contributed by atoms with Gasteiger partial charge in [-0.15, -0.1) is 0 Å². The second-order valence-corrected chi connectivity index (χ2v) is 10.1. The van der Waals surface area contributed by atoms with Crippen LogP contribution in [0.15, 0.2) is 29.5 Å². The first-order chi connectivity index (χ1) is 16.5. The zero-order valence-electron chi connectivity index (χ0n) is 20.6. The first-order valence-electron chi connectivity index (χ1n) is 12.9. The number of carbonyl (C=O) groups is 1. The third-order valence-corrected chi connectivity index (χ3v) is 6.71. The normalized spacial score (nSPS) is 25.2. The van der Waals surface area contributed by atoms with Gasteiger partial charge in [-0.3, -0.25) is 13.8 Å². The van der Waals surface area contributed by atoms with Crippen molar-refractivity contribution in [1.29, 1.82) is 0 Å². The molecule has 0 aromatic rings. The van der Waals surface area contributed by atoms with Crippen molar-refractivity contribution in [3.8, 4) is 0 Å². The fraction of sp³-hybridized carbons (Fsp3) is 0.800. The van der Waals surface area contributed by atoms with Gasteiger partial charge in [-0.1, -0.05) is 87.3 Å². The summed E-state index contributed by atoms with van der Waals surface area (Å²) in [5.74, 6) is -0.467. The number of hydrogen-bond donors (Lipinski definition) is 1. The fourth-order valence-electron chi connectivity index (χ4n) is 3.80. The van der Waals surface area contributed by atoms with Crippen molar-refractivity contribution >= 4 is 13.8 Å². The molecule has 1 heterocycles. The van der Waals surface area contributed by atoms with Gasteiger partial charge in [-0.2, -0.15) is 4.91 Å². The molecular weight excluding hydrogens is 457 g/mol. The van der Waals surface area contributed by atoms with Crippen molar-refractivity contribution in [2.24, 2.45) is 5.18 Å². The Hall–Kier alpha value is -1.34. The third-order valence-electron chi connectivity index (χ3n) is 5.64. The smallest absolute Gasteiger partial charge is 0.465 e. The van der Waals surface area contributed by atoms with Crippen LogP contribution >= 0.6 is 7.82 Å². The van der Waals surface area contributed by atoms with Gasteiger partial charge in [0, 0.05) is 0 Å². The molecular formula is C25H44NO7P. The van der Waals surface area contributed by atoms with E-state index in [4.69, 9.17) is 13.8 Å². The Kier molecular flexibility index (Phi) is 18.9. The fourth-order valence-corrected chi connectivity index (χ4v) is 4.73. The summed E-state index contributed by atoms with van der Waals surface area (Å²) < 4.78 is 27.4. The van der Waals surface area contributed by atoms with Crippen LogP contribution in [0, 0.1) is 4.91 Å². The number of allylic oxidation sites excluding steroid dienone is 3. The molecule has 34 heavy (non-hydrogen) atoms. The summed E-state index contributed by atoms with van der Waals surface area (Å²) in [7, 11) is -4.38. The SMILES string of the molecule is O=NCCOP(=O)(O)O[C@@H]1CCCCCCCCCCCC/C=C/CC/C=C/CCOC(=O)C1. The zero-order valence-corrected chi connectivity index (χ0v) is 21.5. The van der Waals surface area contributed by atoms with Crippen LogP contribution in [0.25, 0.3) is 0 Å². The van der Waals surface area contributed by atoms with Crippen molar-refractivity contribution in [3.05, 3.63) is 29.2 Å². The second kappa shape index (κ2) is 21.0. The standard InChI is InChI=1S/C25H44NO7P/c27-25-23-24(33-34(29,30)32-22-20-26-28)19-17-15-13-11-9-7-5-3-1-2-4-6-8-10-12-14-16-18-21-31-25/h6,8,14,16,24H,1-5,7,9-13,15,17-23H2,(H,29,30)/b8-6+,16-14+/t24-/m1/s1. The molecule has 1 unspecified atom stereocenters. The van der Waals surface area contributed by atoms with Crippen molar-refractivity contribution in [1.82, 2.24) is 0 Å². The van der Waals surface area contributed by atoms with Gasteiger partial charge in [0.05, 0.1) is 25.7 Å². The van der Waals surface area contributed by atoms with Crippen LogP contribution in [0.1, 0.15) is 103 Å². The molecule has 1 aliphatic heterocycles. The Morgan fingerprint density at radius 2 is 1.44 bits per heavy atom. The first kappa shape index (κ1) is 30.7. The maximum absolute atomic E-state index is 12.2. The topological polar surface area (TPSA) is 111 Å². The number of ether oxygens (including phenoxy) is 1. The monoisotopic (exact) mass is 501 g/mol. The number of cyclic esters (lactones) is 1. The van der Waals surface area contributed by atoms with E-state index >= 15 is 0 Å². The lowest BCUT2D eigenvalue weighted by Gasteiger charge is -2.20. The van der Waals surface area contributed by atoms with Gasteiger partial charge < -0.3 is 9.63 Å². The van der Waals surface area contributed by atoms with Crippen molar-refractivity contribution in [2.45, 2.75) is 109 Å². The van der Waals surface area contributed by atoms with E-state index in [1.165, 1.54) is 44.9 Å². The summed E-state index contributed by atoms with van der Waals surface area (Å²) in [6.07, 6.45) is 23.6. The van der Waals surface area contributed by atoms with Crippen LogP contribution < -0.4 is 0 Å². The summed E-state index contributed by atoms with van der Waals surface area (Å²) in [5.41, 5.74) is 0. The van der Waals surface area contributed by atoms with E-state index in [0.717, 1.165) is 38.5 Å². The van der Waals surface area contributed by atoms with Gasteiger partial charge >= 0.3 is 13.8 Å². The molecule has 0 spiro atoms. The quantitative estimate of drug-likeness (QED) is 0.135. The van der Waals surface area contributed by atoms with E-state index in [1.807, 2.05) is 6.08 Å². The zero-order chi connectivity index (χ0) is 24.7. The summed E-state index contributed by atoms with van der Waals surface area (Å²) in [4.78, 5) is 32.3. The van der Waals surface area contributed by atoms with Crippen LogP contribution in [0.2, 0.25) is 0 Å². The number of hydrogen-bond acceptors (Lipinski definition) is 7. The van der Waals surface area contributed by atoms with Crippen LogP contribution in [-0.2, 0) is 23.1 Å². The molecule has 1 rings (SSSR count). The third kappa shape index (κ3) is 19.0. The molecule has 1 aliphatic rings. The number of phosphoric acid groups is 1. The maximum Gasteiger partial charge on any atom is 0.472 e. The van der Waals surface area contributed by atoms with Crippen molar-refractivity contribution in [3.63, 3.8) is 0 Å². The summed E-state index contributed by atoms with van der Waals surface area (Å²) in [6, 6.07) is 0. The summed E-state index contributed by atoms with van der Waals surface area (Å²) in [6.45, 7) is -0.294. The molecule has 0 saturated heterocycles. The van der Waals surface area contributed by atoms with Crippen LogP contribution in [0.4, 0.5) is 0 Å². The second-order valence-electron chi connectivity index (χ2n) is 8.73. The van der Waals surface area contributed by atoms with E-state index < -0.39 is 19.9 Å². The molecule has 0 radical (unpaired) electrons. The predicted octanol–water partition coefficient (Wildman–Crippen LogP) is 7.17. The number of phosphoric ester groups is 1. The number of esters is 1. The Morgan fingerprint density at radius 3 is 2.09 bits per heavy atom. The maximum atomic E-state index is 12.2. The van der Waals surface area contributed by atoms with Crippen molar-refractivity contribution < 1.29 is 28.0 Å². The van der Waals surface area contributed by atoms with Crippen LogP contribution in [-0.4, -0.2) is 36.7 Å². The first-order valence-corrected chi connectivity index (χ1v) is 14.4. The molecule has 0 saturated carbocycles. The minimum atomic E-state index is -4.38. The van der Waals surface area contributed by atoms with E-state index in [-0.39, 0.29) is 26.2 Å². The number of rotatable bonds is 6. The lowest BCUT2D eigenvalue weighted by atomic mass is 10.0. The Bertz CT molecular complexity index is 639. The minimum Gasteiger partial charge on any atom is -0.465 e. The van der Waals surface area contributed by atoms with Gasteiger partial charge in [-0.25, -0.2) is 4.57 Å². The Morgan fingerprint density at radius 1 is 0.882 bits per heavy atom. The molecule has 0 amide bonds. The summed E-state index contributed by atoms with van der Waals surface area (Å²) >= 11 is 0. The van der Waals surface area contributed by atoms with Gasteiger partial charge in [0.2, 0.25) is 0 Å². The molecule has 0 fully saturated rings. The average Bonchev–Trinajstić information content (AvgIpc) is 2.79. The highest BCUT2D eigenvalue weighted by molar-refractivity contribution is 7.47. The number of nitroso groups, excluding NO2 is 1. The summed E-state index contributed by atoms with van der Waals surface area (Å²) in [5, 5.41) is 2.59. The molecule has 1 N–H and O–H groups in total. The average molecular weight is 502 g/mol. The van der Waals surface area contributed by atoms with Gasteiger partial charge in [0.1, 0.15) is 6.54 Å². The van der Waals surface area contributed by atoms with Gasteiger partial charge in [0.15, 0.2) is 0 Å². The van der Waals surface area contributed by atoms with Crippen LogP contribution in [0.5, 0.6) is 0 Å². The molecule has 9 heteroatoms. The number of nitrogens with zero attached hydrogens (tertiary/aromatic N) is 1. The van der Waals surface area contributed by atoms with Gasteiger partial charge in [0.25, 0.3) is 0 Å². The highest BCUT2D eigenvalue weighted by atomic mass is 31.2. The lowest BCUT2D eigenvalue weighted by Crippen LogP contribution is -2.20. The Balaban J connectivity index is 2.55.